The fraction of sp³-hybridized carbons (Fsp3) is 1.00. The molecule has 2 heteroatoms. The second-order valence-corrected chi connectivity index (χ2v) is 6.17. The van der Waals surface area contributed by atoms with Gasteiger partial charge in [0.15, 0.2) is 0 Å². The molecule has 0 heterocycles. The number of aliphatic hydroxyl groups is 2. The number of hydrogen-bond acceptors (Lipinski definition) is 2. The molecule has 0 spiro atoms. The minimum absolute atomic E-state index is 0.0941. The molecule has 3 rings (SSSR count). The molecule has 14 heavy (non-hydrogen) atoms. The Labute approximate surface area is 85.3 Å². The second kappa shape index (κ2) is 2.35. The third-order valence-electron chi connectivity index (χ3n) is 5.96. The molecular formula is C12H20O2. The van der Waals surface area contributed by atoms with E-state index in [9.17, 15) is 10.2 Å². The van der Waals surface area contributed by atoms with Crippen molar-refractivity contribution < 1.29 is 10.2 Å². The maximum Gasteiger partial charge on any atom is 0.0604 e. The zero-order valence-corrected chi connectivity index (χ0v) is 9.03. The van der Waals surface area contributed by atoms with Gasteiger partial charge in [0.2, 0.25) is 0 Å². The third-order valence-corrected chi connectivity index (χ3v) is 5.96. The highest BCUT2D eigenvalue weighted by molar-refractivity contribution is 5.18. The lowest BCUT2D eigenvalue weighted by Crippen LogP contribution is -2.48. The van der Waals surface area contributed by atoms with Gasteiger partial charge in [-0.05, 0) is 42.9 Å². The Balaban J connectivity index is 2.08. The van der Waals surface area contributed by atoms with Crippen molar-refractivity contribution in [3.05, 3.63) is 0 Å². The summed E-state index contributed by atoms with van der Waals surface area (Å²) in [5.41, 5.74) is 0.297. The van der Waals surface area contributed by atoms with Crippen molar-refractivity contribution in [1.82, 2.24) is 0 Å². The lowest BCUT2D eigenvalue weighted by atomic mass is 9.57. The van der Waals surface area contributed by atoms with Gasteiger partial charge < -0.3 is 10.2 Å². The second-order valence-electron chi connectivity index (χ2n) is 6.17. The van der Waals surface area contributed by atoms with Crippen molar-refractivity contribution in [1.29, 1.82) is 0 Å². The lowest BCUT2D eigenvalue weighted by Gasteiger charge is -2.49. The molecule has 0 unspecified atom stereocenters. The molecule has 80 valence electrons. The predicted octanol–water partition coefficient (Wildman–Crippen LogP) is 1.55. The van der Waals surface area contributed by atoms with Crippen LogP contribution in [0.2, 0.25) is 0 Å². The Bertz CT molecular complexity index is 277. The van der Waals surface area contributed by atoms with Crippen LogP contribution in [-0.2, 0) is 0 Å². The van der Waals surface area contributed by atoms with E-state index < -0.39 is 0 Å². The zero-order valence-electron chi connectivity index (χ0n) is 9.03. The van der Waals surface area contributed by atoms with E-state index in [-0.39, 0.29) is 23.0 Å². The molecule has 3 aliphatic rings. The Hall–Kier alpha value is -0.0800. The van der Waals surface area contributed by atoms with Crippen LogP contribution in [0.4, 0.5) is 0 Å². The van der Waals surface area contributed by atoms with Gasteiger partial charge in [0.25, 0.3) is 0 Å². The molecule has 3 aliphatic carbocycles. The van der Waals surface area contributed by atoms with Crippen LogP contribution < -0.4 is 0 Å². The van der Waals surface area contributed by atoms with E-state index in [4.69, 9.17) is 0 Å². The highest BCUT2D eigenvalue weighted by atomic mass is 16.3. The van der Waals surface area contributed by atoms with E-state index in [0.717, 1.165) is 19.3 Å². The summed E-state index contributed by atoms with van der Waals surface area (Å²) in [5.74, 6) is 1.22. The average Bonchev–Trinajstić information content (AvgIpc) is 2.35. The van der Waals surface area contributed by atoms with Crippen LogP contribution in [0.25, 0.3) is 0 Å². The molecule has 4 bridgehead atoms. The highest BCUT2D eigenvalue weighted by Gasteiger charge is 2.70. The van der Waals surface area contributed by atoms with Gasteiger partial charge in [-0.3, -0.25) is 0 Å². The van der Waals surface area contributed by atoms with Gasteiger partial charge in [0.05, 0.1) is 12.2 Å². The molecule has 2 nitrogen and oxygen atoms in total. The molecule has 3 fully saturated rings. The first kappa shape index (κ1) is 9.17. The molecule has 0 aromatic heterocycles. The van der Waals surface area contributed by atoms with Gasteiger partial charge in [-0.1, -0.05) is 13.8 Å². The summed E-state index contributed by atoms with van der Waals surface area (Å²) in [5, 5.41) is 20.0. The standard InChI is InChI=1S/C12H20O2/c1-11-6-9(13)4-8-3-7(11)5-10(14)12(8,11)2/h7-10,13-14H,3-6H2,1-2H3/t7-,8-,9+,10-,11-,12+/m1/s1. The Morgan fingerprint density at radius 3 is 2.36 bits per heavy atom. The summed E-state index contributed by atoms with van der Waals surface area (Å²) < 4.78 is 0. The molecule has 0 aromatic rings. The number of aliphatic hydroxyl groups excluding tert-OH is 2. The van der Waals surface area contributed by atoms with Crippen LogP contribution in [0.5, 0.6) is 0 Å². The maximum atomic E-state index is 10.2. The summed E-state index contributed by atoms with van der Waals surface area (Å²) >= 11 is 0. The molecular weight excluding hydrogens is 176 g/mol. The van der Waals surface area contributed by atoms with E-state index in [0.29, 0.717) is 11.8 Å². The lowest BCUT2D eigenvalue weighted by molar-refractivity contribution is -0.0921. The first-order valence-electron chi connectivity index (χ1n) is 5.84. The van der Waals surface area contributed by atoms with Gasteiger partial charge in [0.1, 0.15) is 0 Å². The summed E-state index contributed by atoms with van der Waals surface area (Å²) in [4.78, 5) is 0. The summed E-state index contributed by atoms with van der Waals surface area (Å²) in [6, 6.07) is 0. The topological polar surface area (TPSA) is 40.5 Å². The highest BCUT2D eigenvalue weighted by Crippen LogP contribution is 2.73. The summed E-state index contributed by atoms with van der Waals surface area (Å²) in [6.45, 7) is 4.54. The van der Waals surface area contributed by atoms with Crippen LogP contribution in [0, 0.1) is 22.7 Å². The SMILES string of the molecule is C[C@@]12[C@H]3C[C@H](O)C[C@]1(C)[C@H](C3)C[C@H]2O. The predicted molar refractivity (Wildman–Crippen MR) is 53.7 cm³/mol. The molecule has 6 atom stereocenters. The van der Waals surface area contributed by atoms with Gasteiger partial charge in [-0.15, -0.1) is 0 Å². The first-order valence-corrected chi connectivity index (χ1v) is 5.84. The Morgan fingerprint density at radius 1 is 1.00 bits per heavy atom. The van der Waals surface area contributed by atoms with Gasteiger partial charge in [-0.2, -0.15) is 0 Å². The van der Waals surface area contributed by atoms with Crippen molar-refractivity contribution in [2.75, 3.05) is 0 Å². The Kier molecular flexibility index (Phi) is 1.54. The van der Waals surface area contributed by atoms with Gasteiger partial charge in [-0.25, -0.2) is 0 Å². The van der Waals surface area contributed by atoms with E-state index in [1.54, 1.807) is 0 Å². The van der Waals surface area contributed by atoms with Crippen LogP contribution in [0.1, 0.15) is 39.5 Å². The summed E-state index contributed by atoms with van der Waals surface area (Å²) in [7, 11) is 0. The quantitative estimate of drug-likeness (QED) is 0.617. The fourth-order valence-electron chi connectivity index (χ4n) is 4.91. The van der Waals surface area contributed by atoms with Crippen LogP contribution in [0.15, 0.2) is 0 Å². The van der Waals surface area contributed by atoms with Crippen molar-refractivity contribution >= 4 is 0 Å². The number of hydrogen-bond donors (Lipinski definition) is 2. The molecule has 0 saturated heterocycles. The van der Waals surface area contributed by atoms with Gasteiger partial charge in [0, 0.05) is 5.41 Å². The summed E-state index contributed by atoms with van der Waals surface area (Å²) in [6.07, 6.45) is 3.79. The third kappa shape index (κ3) is 0.737. The van der Waals surface area contributed by atoms with Crippen molar-refractivity contribution in [3.8, 4) is 0 Å². The van der Waals surface area contributed by atoms with Crippen molar-refractivity contribution in [2.24, 2.45) is 22.7 Å². The maximum absolute atomic E-state index is 10.2. The minimum atomic E-state index is -0.122. The molecule has 0 aliphatic heterocycles. The minimum Gasteiger partial charge on any atom is -0.393 e. The molecule has 0 aromatic carbocycles. The van der Waals surface area contributed by atoms with Crippen molar-refractivity contribution in [3.63, 3.8) is 0 Å². The van der Waals surface area contributed by atoms with Gasteiger partial charge >= 0.3 is 0 Å². The monoisotopic (exact) mass is 196 g/mol. The smallest absolute Gasteiger partial charge is 0.0604 e. The molecule has 3 saturated carbocycles. The molecule has 0 amide bonds. The van der Waals surface area contributed by atoms with Crippen LogP contribution in [-0.4, -0.2) is 22.4 Å². The van der Waals surface area contributed by atoms with E-state index in [1.807, 2.05) is 0 Å². The average molecular weight is 196 g/mol. The Morgan fingerprint density at radius 2 is 1.71 bits per heavy atom. The van der Waals surface area contributed by atoms with E-state index in [2.05, 4.69) is 13.8 Å². The van der Waals surface area contributed by atoms with Crippen LogP contribution in [0.3, 0.4) is 0 Å². The fourth-order valence-corrected chi connectivity index (χ4v) is 4.91. The van der Waals surface area contributed by atoms with E-state index >= 15 is 0 Å². The first-order chi connectivity index (χ1) is 6.48. The van der Waals surface area contributed by atoms with E-state index in [1.165, 1.54) is 6.42 Å². The molecule has 2 N–H and O–H groups in total. The number of rotatable bonds is 0. The zero-order chi connectivity index (χ0) is 10.1. The normalized spacial score (nSPS) is 66.0. The largest absolute Gasteiger partial charge is 0.393 e. The van der Waals surface area contributed by atoms with Crippen molar-refractivity contribution in [2.45, 2.75) is 51.7 Å². The van der Waals surface area contributed by atoms with Crippen LogP contribution >= 0.6 is 0 Å². The molecule has 0 radical (unpaired) electrons.